The molecule has 1 rings (SSSR count). The third-order valence-corrected chi connectivity index (χ3v) is 4.70. The van der Waals surface area contributed by atoms with Crippen molar-refractivity contribution in [3.8, 4) is 0 Å². The topological polar surface area (TPSA) is 44.8 Å². The summed E-state index contributed by atoms with van der Waals surface area (Å²) in [5, 5.41) is 3.12. The van der Waals surface area contributed by atoms with Gasteiger partial charge in [-0.1, -0.05) is 6.92 Å². The normalized spacial score (nSPS) is 22.5. The van der Waals surface area contributed by atoms with Crippen LogP contribution < -0.4 is 5.32 Å². The van der Waals surface area contributed by atoms with E-state index in [2.05, 4.69) is 29.1 Å². The number of carbonyl (C=O) groups is 1. The molecule has 0 amide bonds. The average Bonchev–Trinajstić information content (AvgIpc) is 2.92. The standard InChI is InChI=1S/C16H33N3O2/c1-6-19-11-8-9-14(19)13-18(5)12-10-16(3,17-4)15(20)21-7-2/h14,17H,6-13H2,1-5H3. The van der Waals surface area contributed by atoms with E-state index in [0.717, 1.165) is 26.1 Å². The first-order chi connectivity index (χ1) is 9.96. The molecule has 5 heteroatoms. The Kier molecular flexibility index (Phi) is 7.63. The van der Waals surface area contributed by atoms with Crippen LogP contribution in [0.25, 0.3) is 0 Å². The van der Waals surface area contributed by atoms with Gasteiger partial charge in [-0.05, 0) is 60.3 Å². The van der Waals surface area contributed by atoms with E-state index in [0.29, 0.717) is 12.6 Å². The van der Waals surface area contributed by atoms with Crippen LogP contribution in [0, 0.1) is 0 Å². The number of likely N-dealkylation sites (tertiary alicyclic amines) is 1. The van der Waals surface area contributed by atoms with Gasteiger partial charge >= 0.3 is 5.97 Å². The summed E-state index contributed by atoms with van der Waals surface area (Å²) in [5.41, 5.74) is -0.593. The second-order valence-electron chi connectivity index (χ2n) is 6.24. The van der Waals surface area contributed by atoms with Gasteiger partial charge in [0.15, 0.2) is 0 Å². The number of nitrogens with zero attached hydrogens (tertiary/aromatic N) is 2. The lowest BCUT2D eigenvalue weighted by Crippen LogP contribution is -2.51. The van der Waals surface area contributed by atoms with E-state index in [-0.39, 0.29) is 5.97 Å². The number of likely N-dealkylation sites (N-methyl/N-ethyl adjacent to an activating group) is 3. The second-order valence-corrected chi connectivity index (χ2v) is 6.24. The molecule has 0 saturated carbocycles. The summed E-state index contributed by atoms with van der Waals surface area (Å²) in [6, 6.07) is 0.670. The summed E-state index contributed by atoms with van der Waals surface area (Å²) in [5.74, 6) is -0.156. The maximum absolute atomic E-state index is 12.0. The van der Waals surface area contributed by atoms with Gasteiger partial charge in [0.25, 0.3) is 0 Å². The van der Waals surface area contributed by atoms with Crippen LogP contribution in [-0.4, -0.2) is 74.2 Å². The van der Waals surface area contributed by atoms with Crippen LogP contribution in [0.5, 0.6) is 0 Å². The van der Waals surface area contributed by atoms with Gasteiger partial charge in [0.2, 0.25) is 0 Å². The minimum atomic E-state index is -0.593. The Hall–Kier alpha value is -0.650. The molecular formula is C16H33N3O2. The maximum Gasteiger partial charge on any atom is 0.326 e. The van der Waals surface area contributed by atoms with Crippen molar-refractivity contribution >= 4 is 5.97 Å². The predicted octanol–water partition coefficient (Wildman–Crippen LogP) is 1.33. The molecule has 0 aliphatic carbocycles. The van der Waals surface area contributed by atoms with Gasteiger partial charge in [0.1, 0.15) is 5.54 Å². The van der Waals surface area contributed by atoms with Crippen LogP contribution >= 0.6 is 0 Å². The van der Waals surface area contributed by atoms with E-state index in [4.69, 9.17) is 4.74 Å². The summed E-state index contributed by atoms with van der Waals surface area (Å²) in [4.78, 5) is 16.9. The third-order valence-electron chi connectivity index (χ3n) is 4.70. The Bertz CT molecular complexity index is 325. The highest BCUT2D eigenvalue weighted by atomic mass is 16.5. The predicted molar refractivity (Wildman–Crippen MR) is 86.5 cm³/mol. The van der Waals surface area contributed by atoms with Crippen molar-refractivity contribution in [2.45, 2.75) is 51.6 Å². The number of carbonyl (C=O) groups excluding carboxylic acids is 1. The van der Waals surface area contributed by atoms with Crippen molar-refractivity contribution in [3.63, 3.8) is 0 Å². The number of nitrogens with one attached hydrogen (secondary N) is 1. The number of rotatable bonds is 9. The lowest BCUT2D eigenvalue weighted by atomic mass is 9.98. The fourth-order valence-electron chi connectivity index (χ4n) is 3.00. The van der Waals surface area contributed by atoms with E-state index < -0.39 is 5.54 Å². The molecule has 1 aliphatic rings. The highest BCUT2D eigenvalue weighted by Gasteiger charge is 2.33. The number of esters is 1. The molecule has 0 bridgehead atoms. The summed E-state index contributed by atoms with van der Waals surface area (Å²) >= 11 is 0. The zero-order chi connectivity index (χ0) is 15.9. The molecule has 0 aromatic rings. The van der Waals surface area contributed by atoms with Crippen LogP contribution in [-0.2, 0) is 9.53 Å². The zero-order valence-electron chi connectivity index (χ0n) is 14.4. The Morgan fingerprint density at radius 3 is 2.76 bits per heavy atom. The molecule has 1 aliphatic heterocycles. The molecule has 1 saturated heterocycles. The molecule has 0 radical (unpaired) electrons. The smallest absolute Gasteiger partial charge is 0.326 e. The molecule has 1 fully saturated rings. The molecule has 0 aromatic heterocycles. The molecule has 0 aromatic carbocycles. The fourth-order valence-corrected chi connectivity index (χ4v) is 3.00. The average molecular weight is 299 g/mol. The molecular weight excluding hydrogens is 266 g/mol. The van der Waals surface area contributed by atoms with E-state index >= 15 is 0 Å². The van der Waals surface area contributed by atoms with Crippen LogP contribution in [0.4, 0.5) is 0 Å². The summed E-state index contributed by atoms with van der Waals surface area (Å²) < 4.78 is 5.17. The Balaban J connectivity index is 2.43. The van der Waals surface area contributed by atoms with Crippen LogP contribution in [0.1, 0.15) is 40.0 Å². The van der Waals surface area contributed by atoms with Crippen LogP contribution in [0.2, 0.25) is 0 Å². The quantitative estimate of drug-likeness (QED) is 0.651. The fraction of sp³-hybridized carbons (Fsp3) is 0.938. The molecule has 124 valence electrons. The minimum Gasteiger partial charge on any atom is -0.465 e. The summed E-state index contributed by atoms with van der Waals surface area (Å²) in [6.07, 6.45) is 3.36. The van der Waals surface area contributed by atoms with Gasteiger partial charge in [-0.2, -0.15) is 0 Å². The maximum atomic E-state index is 12.0. The molecule has 5 nitrogen and oxygen atoms in total. The molecule has 2 atom stereocenters. The lowest BCUT2D eigenvalue weighted by Gasteiger charge is -2.31. The summed E-state index contributed by atoms with van der Waals surface area (Å²) in [7, 11) is 3.97. The second kappa shape index (κ2) is 8.71. The zero-order valence-corrected chi connectivity index (χ0v) is 14.4. The molecule has 21 heavy (non-hydrogen) atoms. The minimum absolute atomic E-state index is 0.156. The van der Waals surface area contributed by atoms with Crippen LogP contribution in [0.15, 0.2) is 0 Å². The van der Waals surface area contributed by atoms with Crippen molar-refractivity contribution < 1.29 is 9.53 Å². The third kappa shape index (κ3) is 5.24. The van der Waals surface area contributed by atoms with Crippen molar-refractivity contribution in [2.75, 3.05) is 46.9 Å². The van der Waals surface area contributed by atoms with Crippen molar-refractivity contribution in [1.82, 2.24) is 15.1 Å². The first-order valence-electron chi connectivity index (χ1n) is 8.25. The van der Waals surface area contributed by atoms with E-state index in [1.807, 2.05) is 20.9 Å². The summed E-state index contributed by atoms with van der Waals surface area (Å²) in [6.45, 7) is 10.8. The number of hydrogen-bond donors (Lipinski definition) is 1. The number of ether oxygens (including phenoxy) is 1. The lowest BCUT2D eigenvalue weighted by molar-refractivity contribution is -0.150. The van der Waals surface area contributed by atoms with Gasteiger partial charge in [0, 0.05) is 19.1 Å². The molecule has 2 unspecified atom stereocenters. The highest BCUT2D eigenvalue weighted by Crippen LogP contribution is 2.18. The highest BCUT2D eigenvalue weighted by molar-refractivity contribution is 5.80. The van der Waals surface area contributed by atoms with Crippen molar-refractivity contribution in [3.05, 3.63) is 0 Å². The van der Waals surface area contributed by atoms with Gasteiger partial charge in [-0.25, -0.2) is 0 Å². The van der Waals surface area contributed by atoms with Gasteiger partial charge < -0.3 is 15.0 Å². The molecule has 1 N–H and O–H groups in total. The van der Waals surface area contributed by atoms with E-state index in [9.17, 15) is 4.79 Å². The van der Waals surface area contributed by atoms with Gasteiger partial charge in [-0.3, -0.25) is 9.69 Å². The molecule has 1 heterocycles. The van der Waals surface area contributed by atoms with Gasteiger partial charge in [-0.15, -0.1) is 0 Å². The van der Waals surface area contributed by atoms with Gasteiger partial charge in [0.05, 0.1) is 6.61 Å². The Morgan fingerprint density at radius 1 is 1.48 bits per heavy atom. The van der Waals surface area contributed by atoms with E-state index in [1.165, 1.54) is 19.4 Å². The van der Waals surface area contributed by atoms with Crippen molar-refractivity contribution in [1.29, 1.82) is 0 Å². The Labute approximate surface area is 130 Å². The molecule has 0 spiro atoms. The Morgan fingerprint density at radius 2 is 2.19 bits per heavy atom. The monoisotopic (exact) mass is 299 g/mol. The SMILES string of the molecule is CCOC(=O)C(C)(CCN(C)CC1CCCN1CC)NC. The van der Waals surface area contributed by atoms with Crippen LogP contribution in [0.3, 0.4) is 0 Å². The first kappa shape index (κ1) is 18.4. The number of hydrogen-bond acceptors (Lipinski definition) is 5. The van der Waals surface area contributed by atoms with Crippen molar-refractivity contribution in [2.24, 2.45) is 0 Å². The van der Waals surface area contributed by atoms with E-state index in [1.54, 1.807) is 0 Å². The first-order valence-corrected chi connectivity index (χ1v) is 8.25. The largest absolute Gasteiger partial charge is 0.465 e.